The number of rotatable bonds is 4. The van der Waals surface area contributed by atoms with Crippen LogP contribution in [0.25, 0.3) is 0 Å². The van der Waals surface area contributed by atoms with Gasteiger partial charge in [0.25, 0.3) is 0 Å². The molecule has 3 heterocycles. The number of hydrogen-bond acceptors (Lipinski definition) is 6. The SMILES string of the molecule is Cc1nc(SCC(=O)N2CC(C)OC(c3ccsc3)C2)n[nH]1. The van der Waals surface area contributed by atoms with Gasteiger partial charge in [-0.25, -0.2) is 4.98 Å². The number of aryl methyl sites for hydroxylation is 1. The maximum atomic E-state index is 12.4. The Morgan fingerprint density at radius 1 is 1.59 bits per heavy atom. The molecule has 22 heavy (non-hydrogen) atoms. The molecule has 3 rings (SSSR count). The van der Waals surface area contributed by atoms with Crippen molar-refractivity contribution in [3.05, 3.63) is 28.2 Å². The molecule has 1 N–H and O–H groups in total. The van der Waals surface area contributed by atoms with Gasteiger partial charge in [-0.2, -0.15) is 11.3 Å². The van der Waals surface area contributed by atoms with Gasteiger partial charge in [-0.3, -0.25) is 9.89 Å². The number of amides is 1. The zero-order valence-corrected chi connectivity index (χ0v) is 14.1. The number of H-pyrrole nitrogens is 1. The standard InChI is InChI=1S/C14H18N4O2S2/c1-9-5-18(6-12(20-9)11-3-4-21-7-11)13(19)8-22-14-15-10(2)16-17-14/h3-4,7,9,12H,5-6,8H2,1-2H3,(H,15,16,17). The van der Waals surface area contributed by atoms with Crippen molar-refractivity contribution in [1.82, 2.24) is 20.1 Å². The number of thioether (sulfide) groups is 1. The molecule has 0 bridgehead atoms. The van der Waals surface area contributed by atoms with Crippen molar-refractivity contribution in [2.75, 3.05) is 18.8 Å². The highest BCUT2D eigenvalue weighted by Gasteiger charge is 2.29. The first-order valence-electron chi connectivity index (χ1n) is 7.09. The molecule has 1 amide bonds. The molecule has 2 aromatic heterocycles. The number of aromatic nitrogens is 3. The quantitative estimate of drug-likeness (QED) is 0.866. The van der Waals surface area contributed by atoms with Crippen molar-refractivity contribution < 1.29 is 9.53 Å². The van der Waals surface area contributed by atoms with E-state index in [1.54, 1.807) is 11.3 Å². The van der Waals surface area contributed by atoms with E-state index < -0.39 is 0 Å². The van der Waals surface area contributed by atoms with Gasteiger partial charge >= 0.3 is 0 Å². The largest absolute Gasteiger partial charge is 0.367 e. The molecule has 2 unspecified atom stereocenters. The van der Waals surface area contributed by atoms with Crippen LogP contribution >= 0.6 is 23.1 Å². The molecule has 2 aromatic rings. The summed E-state index contributed by atoms with van der Waals surface area (Å²) in [4.78, 5) is 18.5. The van der Waals surface area contributed by atoms with Gasteiger partial charge in [0.15, 0.2) is 0 Å². The molecule has 1 fully saturated rings. The predicted octanol–water partition coefficient (Wildman–Crippen LogP) is 2.26. The van der Waals surface area contributed by atoms with Crippen molar-refractivity contribution in [2.24, 2.45) is 0 Å². The third-order valence-corrected chi connectivity index (χ3v) is 4.96. The highest BCUT2D eigenvalue weighted by molar-refractivity contribution is 7.99. The van der Waals surface area contributed by atoms with E-state index in [1.165, 1.54) is 11.8 Å². The predicted molar refractivity (Wildman–Crippen MR) is 86.0 cm³/mol. The minimum atomic E-state index is -0.0327. The van der Waals surface area contributed by atoms with E-state index in [9.17, 15) is 4.79 Å². The lowest BCUT2D eigenvalue weighted by Crippen LogP contribution is -2.46. The van der Waals surface area contributed by atoms with Crippen LogP contribution < -0.4 is 0 Å². The second-order valence-corrected chi connectivity index (χ2v) is 7.01. The Hall–Kier alpha value is -1.38. The third kappa shape index (κ3) is 3.68. The topological polar surface area (TPSA) is 71.1 Å². The fourth-order valence-electron chi connectivity index (χ4n) is 2.40. The monoisotopic (exact) mass is 338 g/mol. The number of carbonyl (C=O) groups excluding carboxylic acids is 1. The summed E-state index contributed by atoms with van der Waals surface area (Å²) in [5.74, 6) is 1.20. The highest BCUT2D eigenvalue weighted by Crippen LogP contribution is 2.27. The first-order chi connectivity index (χ1) is 10.6. The van der Waals surface area contributed by atoms with E-state index in [0.717, 1.165) is 11.4 Å². The lowest BCUT2D eigenvalue weighted by molar-refractivity contribution is -0.142. The van der Waals surface area contributed by atoms with Gasteiger partial charge < -0.3 is 9.64 Å². The molecule has 6 nitrogen and oxygen atoms in total. The van der Waals surface area contributed by atoms with Gasteiger partial charge in [-0.1, -0.05) is 11.8 Å². The summed E-state index contributed by atoms with van der Waals surface area (Å²) in [7, 11) is 0. The van der Waals surface area contributed by atoms with Crippen LogP contribution in [0.1, 0.15) is 24.4 Å². The molecular formula is C14H18N4O2S2. The zero-order valence-electron chi connectivity index (χ0n) is 12.5. The second-order valence-electron chi connectivity index (χ2n) is 5.28. The number of nitrogens with zero attached hydrogens (tertiary/aromatic N) is 3. The molecule has 0 aliphatic carbocycles. The average Bonchev–Trinajstić information content (AvgIpc) is 3.15. The normalized spacial score (nSPS) is 22.0. The van der Waals surface area contributed by atoms with Gasteiger partial charge in [0.2, 0.25) is 11.1 Å². The van der Waals surface area contributed by atoms with E-state index in [0.29, 0.717) is 24.0 Å². The molecule has 118 valence electrons. The van der Waals surface area contributed by atoms with Crippen LogP contribution in [0.2, 0.25) is 0 Å². The zero-order chi connectivity index (χ0) is 15.5. The van der Waals surface area contributed by atoms with Gasteiger partial charge in [0.1, 0.15) is 11.9 Å². The third-order valence-electron chi connectivity index (χ3n) is 3.43. The van der Waals surface area contributed by atoms with Crippen molar-refractivity contribution in [1.29, 1.82) is 0 Å². The summed E-state index contributed by atoms with van der Waals surface area (Å²) < 4.78 is 5.95. The number of thiophene rings is 1. The summed E-state index contributed by atoms with van der Waals surface area (Å²) in [6, 6.07) is 2.06. The maximum absolute atomic E-state index is 12.4. The summed E-state index contributed by atoms with van der Waals surface area (Å²) in [6.45, 7) is 5.08. The number of ether oxygens (including phenoxy) is 1. The average molecular weight is 338 g/mol. The van der Waals surface area contributed by atoms with Gasteiger partial charge in [-0.15, -0.1) is 5.10 Å². The summed E-state index contributed by atoms with van der Waals surface area (Å²) in [5, 5.41) is 11.5. The molecule has 2 atom stereocenters. The Labute approximate surface area is 137 Å². The first kappa shape index (κ1) is 15.5. The Balaban J connectivity index is 1.59. The molecule has 1 aliphatic rings. The molecule has 1 saturated heterocycles. The van der Waals surface area contributed by atoms with E-state index >= 15 is 0 Å². The molecule has 1 aliphatic heterocycles. The molecular weight excluding hydrogens is 320 g/mol. The minimum Gasteiger partial charge on any atom is -0.367 e. The fraction of sp³-hybridized carbons (Fsp3) is 0.500. The van der Waals surface area contributed by atoms with Crippen molar-refractivity contribution in [3.8, 4) is 0 Å². The van der Waals surface area contributed by atoms with Crippen LogP contribution in [0.15, 0.2) is 22.0 Å². The number of hydrogen-bond donors (Lipinski definition) is 1. The summed E-state index contributed by atoms with van der Waals surface area (Å²) in [6.07, 6.45) is 0.00746. The number of carbonyl (C=O) groups is 1. The molecule has 0 aromatic carbocycles. The maximum Gasteiger partial charge on any atom is 0.233 e. The van der Waals surface area contributed by atoms with Crippen LogP contribution in [-0.4, -0.2) is 50.9 Å². The Bertz CT molecular complexity index is 629. The van der Waals surface area contributed by atoms with Crippen LogP contribution in [-0.2, 0) is 9.53 Å². The molecule has 0 saturated carbocycles. The van der Waals surface area contributed by atoms with Crippen LogP contribution in [0.4, 0.5) is 0 Å². The van der Waals surface area contributed by atoms with Gasteiger partial charge in [0.05, 0.1) is 18.4 Å². The van der Waals surface area contributed by atoms with Crippen molar-refractivity contribution in [3.63, 3.8) is 0 Å². The van der Waals surface area contributed by atoms with Crippen LogP contribution in [0, 0.1) is 6.92 Å². The first-order valence-corrected chi connectivity index (χ1v) is 9.02. The number of morpholine rings is 1. The minimum absolute atomic E-state index is 0.0327. The highest BCUT2D eigenvalue weighted by atomic mass is 32.2. The molecule has 0 spiro atoms. The van der Waals surface area contributed by atoms with Crippen molar-refractivity contribution in [2.45, 2.75) is 31.2 Å². The van der Waals surface area contributed by atoms with E-state index in [1.807, 2.05) is 24.1 Å². The summed E-state index contributed by atoms with van der Waals surface area (Å²) in [5.41, 5.74) is 1.14. The Morgan fingerprint density at radius 2 is 2.45 bits per heavy atom. The summed E-state index contributed by atoms with van der Waals surface area (Å²) >= 11 is 3.01. The number of aromatic amines is 1. The van der Waals surface area contributed by atoms with E-state index in [4.69, 9.17) is 4.74 Å². The van der Waals surface area contributed by atoms with E-state index in [2.05, 4.69) is 26.6 Å². The van der Waals surface area contributed by atoms with Crippen LogP contribution in [0.3, 0.4) is 0 Å². The Kier molecular flexibility index (Phi) is 4.80. The lowest BCUT2D eigenvalue weighted by atomic mass is 10.1. The smallest absolute Gasteiger partial charge is 0.233 e. The lowest BCUT2D eigenvalue weighted by Gasteiger charge is -2.36. The molecule has 8 heteroatoms. The van der Waals surface area contributed by atoms with Gasteiger partial charge in [-0.05, 0) is 36.2 Å². The fourth-order valence-corrected chi connectivity index (χ4v) is 3.85. The van der Waals surface area contributed by atoms with E-state index in [-0.39, 0.29) is 18.1 Å². The van der Waals surface area contributed by atoms with Crippen molar-refractivity contribution >= 4 is 29.0 Å². The van der Waals surface area contributed by atoms with Gasteiger partial charge in [0, 0.05) is 6.54 Å². The second kappa shape index (κ2) is 6.80. The number of nitrogens with one attached hydrogen (secondary N) is 1. The van der Waals surface area contributed by atoms with Crippen LogP contribution in [0.5, 0.6) is 0 Å². The molecule has 0 radical (unpaired) electrons. The Morgan fingerprint density at radius 3 is 3.14 bits per heavy atom.